The van der Waals surface area contributed by atoms with E-state index in [4.69, 9.17) is 4.74 Å². The van der Waals surface area contributed by atoms with Gasteiger partial charge in [0.25, 0.3) is 0 Å². The average molecular weight is 493 g/mol. The molecule has 6 heteroatoms. The Morgan fingerprint density at radius 3 is 1.69 bits per heavy atom. The van der Waals surface area contributed by atoms with Crippen molar-refractivity contribution in [1.82, 2.24) is 0 Å². The van der Waals surface area contributed by atoms with Crippen molar-refractivity contribution in [1.29, 1.82) is 0 Å². The van der Waals surface area contributed by atoms with Crippen LogP contribution in [0.15, 0.2) is 71.2 Å². The number of carbonyl (C=O) groups excluding carboxylic acids is 2. The number of aliphatic hydroxyl groups excluding tert-OH is 2. The third-order valence-corrected chi connectivity index (χ3v) is 6.90. The van der Waals surface area contributed by atoms with Gasteiger partial charge in [0.05, 0.1) is 0 Å². The van der Waals surface area contributed by atoms with E-state index in [0.29, 0.717) is 24.2 Å². The summed E-state index contributed by atoms with van der Waals surface area (Å²) in [4.78, 5) is 26.6. The first-order chi connectivity index (χ1) is 16.8. The Labute approximate surface area is 211 Å². The molecular weight excluding hydrogens is 459 g/mol. The highest BCUT2D eigenvalue weighted by atomic mass is 19.1. The molecule has 190 valence electrons. The lowest BCUT2D eigenvalue weighted by atomic mass is 9.67. The molecule has 2 aliphatic carbocycles. The van der Waals surface area contributed by atoms with Crippen molar-refractivity contribution in [2.24, 2.45) is 10.8 Å². The van der Waals surface area contributed by atoms with Crippen LogP contribution in [-0.2, 0) is 16.2 Å². The quantitative estimate of drug-likeness (QED) is 0.459. The fourth-order valence-electron chi connectivity index (χ4n) is 5.24. The van der Waals surface area contributed by atoms with Crippen LogP contribution in [0.1, 0.15) is 70.4 Å². The minimum absolute atomic E-state index is 0.0316. The zero-order chi connectivity index (χ0) is 26.3. The molecule has 0 aromatic heterocycles. The number of allylic oxidation sites excluding steroid dienone is 4. The summed E-state index contributed by atoms with van der Waals surface area (Å²) in [6.45, 7) is 7.94. The summed E-state index contributed by atoms with van der Waals surface area (Å²) >= 11 is 0. The molecule has 0 spiro atoms. The molecule has 0 fully saturated rings. The molecule has 0 bridgehead atoms. The summed E-state index contributed by atoms with van der Waals surface area (Å²) < 4.78 is 19.0. The highest BCUT2D eigenvalue weighted by Crippen LogP contribution is 2.48. The molecule has 0 atom stereocenters. The lowest BCUT2D eigenvalue weighted by Crippen LogP contribution is -2.33. The van der Waals surface area contributed by atoms with E-state index in [1.165, 1.54) is 12.1 Å². The predicted octanol–water partition coefficient (Wildman–Crippen LogP) is 6.89. The van der Waals surface area contributed by atoms with Gasteiger partial charge in [-0.2, -0.15) is 0 Å². The third kappa shape index (κ3) is 5.53. The highest BCUT2D eigenvalue weighted by Gasteiger charge is 2.43. The van der Waals surface area contributed by atoms with Gasteiger partial charge in [-0.15, -0.1) is 0 Å². The van der Waals surface area contributed by atoms with E-state index in [9.17, 15) is 24.2 Å². The van der Waals surface area contributed by atoms with Gasteiger partial charge in [-0.1, -0.05) is 52.0 Å². The van der Waals surface area contributed by atoms with Gasteiger partial charge in [-0.3, -0.25) is 9.59 Å². The normalized spacial score (nSPS) is 19.7. The third-order valence-electron chi connectivity index (χ3n) is 6.90. The molecular formula is C30H33FO5. The number of ether oxygens (including phenoxy) is 1. The molecule has 0 saturated carbocycles. The Morgan fingerprint density at radius 1 is 0.778 bits per heavy atom. The number of hydrogen-bond acceptors (Lipinski definition) is 5. The largest absolute Gasteiger partial charge is 0.512 e. The topological polar surface area (TPSA) is 83.8 Å². The van der Waals surface area contributed by atoms with Crippen molar-refractivity contribution in [2.75, 3.05) is 0 Å². The summed E-state index contributed by atoms with van der Waals surface area (Å²) in [7, 11) is 0. The van der Waals surface area contributed by atoms with Crippen LogP contribution in [-0.4, -0.2) is 21.8 Å². The maximum absolute atomic E-state index is 13.3. The monoisotopic (exact) mass is 492 g/mol. The number of Topliss-reactive ketones (excluding diaryl/α,β-unsaturated/α-hetero) is 2. The van der Waals surface area contributed by atoms with Crippen LogP contribution in [0.2, 0.25) is 0 Å². The van der Waals surface area contributed by atoms with Gasteiger partial charge in [0.2, 0.25) is 0 Å². The van der Waals surface area contributed by atoms with Gasteiger partial charge < -0.3 is 14.9 Å². The zero-order valence-electron chi connectivity index (χ0n) is 21.2. The molecule has 0 aliphatic heterocycles. The number of hydrogen-bond donors (Lipinski definition) is 2. The molecule has 0 heterocycles. The van der Waals surface area contributed by atoms with Crippen LogP contribution in [0.25, 0.3) is 0 Å². The first-order valence-corrected chi connectivity index (χ1v) is 12.2. The second-order valence-corrected chi connectivity index (χ2v) is 11.5. The minimum Gasteiger partial charge on any atom is -0.512 e. The molecule has 2 aliphatic rings. The molecule has 0 saturated heterocycles. The van der Waals surface area contributed by atoms with E-state index in [1.54, 1.807) is 36.4 Å². The fraction of sp³-hybridized carbons (Fsp3) is 0.400. The summed E-state index contributed by atoms with van der Waals surface area (Å²) in [5, 5.41) is 22.0. The van der Waals surface area contributed by atoms with E-state index in [1.807, 2.05) is 27.7 Å². The molecule has 0 radical (unpaired) electrons. The molecule has 2 aromatic carbocycles. The summed E-state index contributed by atoms with van der Waals surface area (Å²) in [6.07, 6.45) is 1.12. The second-order valence-electron chi connectivity index (χ2n) is 11.5. The van der Waals surface area contributed by atoms with Crippen LogP contribution in [0.4, 0.5) is 4.39 Å². The zero-order valence-corrected chi connectivity index (χ0v) is 21.2. The lowest BCUT2D eigenvalue weighted by Gasteiger charge is -2.36. The van der Waals surface area contributed by atoms with Gasteiger partial charge in [-0.05, 0) is 46.2 Å². The summed E-state index contributed by atoms with van der Waals surface area (Å²) in [5.41, 5.74) is 1.03. The van der Waals surface area contributed by atoms with E-state index < -0.39 is 5.92 Å². The van der Waals surface area contributed by atoms with E-state index in [0.717, 1.165) is 5.56 Å². The van der Waals surface area contributed by atoms with Crippen LogP contribution >= 0.6 is 0 Å². The van der Waals surface area contributed by atoms with E-state index in [-0.39, 0.29) is 70.3 Å². The smallest absolute Gasteiger partial charge is 0.163 e. The van der Waals surface area contributed by atoms with Crippen LogP contribution in [0.5, 0.6) is 5.75 Å². The Kier molecular flexibility index (Phi) is 6.82. The first-order valence-electron chi connectivity index (χ1n) is 12.2. The van der Waals surface area contributed by atoms with Crippen molar-refractivity contribution in [2.45, 2.75) is 65.9 Å². The Hall–Kier alpha value is -3.41. The van der Waals surface area contributed by atoms with Gasteiger partial charge in [0.1, 0.15) is 29.7 Å². The van der Waals surface area contributed by atoms with Crippen molar-refractivity contribution in [3.63, 3.8) is 0 Å². The molecule has 2 aromatic rings. The molecule has 4 rings (SSSR count). The number of aliphatic hydroxyl groups is 2. The van der Waals surface area contributed by atoms with Crippen molar-refractivity contribution < 1.29 is 28.9 Å². The number of halogens is 1. The average Bonchev–Trinajstić information content (AvgIpc) is 2.75. The summed E-state index contributed by atoms with van der Waals surface area (Å²) in [6, 6.07) is 13.0. The number of carbonyl (C=O) groups is 2. The maximum atomic E-state index is 13.3. The predicted molar refractivity (Wildman–Crippen MR) is 135 cm³/mol. The van der Waals surface area contributed by atoms with E-state index in [2.05, 4.69) is 0 Å². The van der Waals surface area contributed by atoms with Crippen LogP contribution in [0, 0.1) is 16.6 Å². The molecule has 2 N–H and O–H groups in total. The van der Waals surface area contributed by atoms with E-state index >= 15 is 0 Å². The van der Waals surface area contributed by atoms with Gasteiger partial charge in [0, 0.05) is 42.7 Å². The molecule has 0 unspecified atom stereocenters. The fourth-order valence-corrected chi connectivity index (χ4v) is 5.24. The molecule has 36 heavy (non-hydrogen) atoms. The Morgan fingerprint density at radius 2 is 1.25 bits per heavy atom. The Bertz CT molecular complexity index is 1180. The molecule has 0 amide bonds. The van der Waals surface area contributed by atoms with Gasteiger partial charge >= 0.3 is 0 Å². The standard InChI is InChI=1S/C30H33FO5/c1-29(2)13-22(32)27(23(33)14-29)26(28-24(34)15-30(3,4)16-25(28)35)19-7-11-21(12-8-19)36-17-18-5-9-20(31)10-6-18/h5-12,26,32,34H,13-17H2,1-4H3. The van der Waals surface area contributed by atoms with Crippen LogP contribution in [0.3, 0.4) is 0 Å². The second kappa shape index (κ2) is 9.57. The highest BCUT2D eigenvalue weighted by molar-refractivity contribution is 6.05. The summed E-state index contributed by atoms with van der Waals surface area (Å²) in [5.74, 6) is -1.11. The van der Waals surface area contributed by atoms with Gasteiger partial charge in [-0.25, -0.2) is 4.39 Å². The lowest BCUT2D eigenvalue weighted by molar-refractivity contribution is -0.119. The number of ketones is 2. The first kappa shape index (κ1) is 25.7. The van der Waals surface area contributed by atoms with Crippen molar-refractivity contribution >= 4 is 11.6 Å². The molecule has 5 nitrogen and oxygen atoms in total. The number of rotatable bonds is 6. The van der Waals surface area contributed by atoms with Crippen molar-refractivity contribution in [3.05, 3.63) is 88.1 Å². The van der Waals surface area contributed by atoms with Crippen molar-refractivity contribution in [3.8, 4) is 5.75 Å². The Balaban J connectivity index is 1.71. The minimum atomic E-state index is -0.858. The number of benzene rings is 2. The van der Waals surface area contributed by atoms with Crippen LogP contribution < -0.4 is 4.74 Å². The van der Waals surface area contributed by atoms with Gasteiger partial charge in [0.15, 0.2) is 11.6 Å². The maximum Gasteiger partial charge on any atom is 0.163 e. The SMILES string of the molecule is CC1(C)CC(=O)C(C(C2=C(O)CC(C)(C)CC2=O)c2ccc(OCc3ccc(F)cc3)cc2)=C(O)C1.